The summed E-state index contributed by atoms with van der Waals surface area (Å²) in [6.07, 6.45) is 3.64. The van der Waals surface area contributed by atoms with Crippen LogP contribution in [0, 0.1) is 6.92 Å². The number of benzene rings is 1. The van der Waals surface area contributed by atoms with Gasteiger partial charge in [0.05, 0.1) is 11.7 Å². The number of primary amides is 1. The zero-order chi connectivity index (χ0) is 16.4. The van der Waals surface area contributed by atoms with Crippen LogP contribution in [0.15, 0.2) is 60.2 Å². The average molecular weight is 309 g/mol. The number of amides is 2. The number of nitrogens with zero attached hydrogens (tertiary/aromatic N) is 2. The molecule has 0 spiro atoms. The maximum Gasteiger partial charge on any atom is 0.317 e. The summed E-state index contributed by atoms with van der Waals surface area (Å²) in [4.78, 5) is 15.6. The first kappa shape index (κ1) is 15.1. The number of hydrazine groups is 1. The molecule has 1 aliphatic rings. The summed E-state index contributed by atoms with van der Waals surface area (Å²) in [7, 11) is 0. The van der Waals surface area contributed by atoms with Crippen LogP contribution in [-0.2, 0) is 0 Å². The van der Waals surface area contributed by atoms with Gasteiger partial charge < -0.3 is 5.73 Å². The summed E-state index contributed by atoms with van der Waals surface area (Å²) >= 11 is 0. The highest BCUT2D eigenvalue weighted by Gasteiger charge is 2.31. The van der Waals surface area contributed by atoms with Crippen LogP contribution in [0.5, 0.6) is 0 Å². The number of hydrogen-bond donors (Lipinski definition) is 3. The van der Waals surface area contributed by atoms with Crippen molar-refractivity contribution in [1.82, 2.24) is 15.7 Å². The van der Waals surface area contributed by atoms with Gasteiger partial charge in [0, 0.05) is 12.4 Å². The molecule has 118 valence electrons. The van der Waals surface area contributed by atoms with Crippen molar-refractivity contribution in [1.29, 1.82) is 0 Å². The zero-order valence-corrected chi connectivity index (χ0v) is 13.1. The predicted molar refractivity (Wildman–Crippen MR) is 89.2 cm³/mol. The van der Waals surface area contributed by atoms with E-state index in [4.69, 9.17) is 5.73 Å². The lowest BCUT2D eigenvalue weighted by Crippen LogP contribution is -2.41. The molecule has 2 amide bonds. The summed E-state index contributed by atoms with van der Waals surface area (Å²) < 4.78 is 0. The van der Waals surface area contributed by atoms with Crippen molar-refractivity contribution in [3.8, 4) is 0 Å². The van der Waals surface area contributed by atoms with Gasteiger partial charge in [-0.2, -0.15) is 0 Å². The Kier molecular flexibility index (Phi) is 3.99. The molecule has 1 aliphatic heterocycles. The van der Waals surface area contributed by atoms with E-state index in [-0.39, 0.29) is 6.04 Å². The molecule has 3 rings (SSSR count). The van der Waals surface area contributed by atoms with Crippen molar-refractivity contribution in [3.05, 3.63) is 71.3 Å². The molecule has 0 saturated carbocycles. The van der Waals surface area contributed by atoms with Crippen molar-refractivity contribution in [2.24, 2.45) is 5.73 Å². The third kappa shape index (κ3) is 3.02. The van der Waals surface area contributed by atoms with E-state index in [1.165, 1.54) is 0 Å². The third-order valence-electron chi connectivity index (χ3n) is 3.77. The lowest BCUT2D eigenvalue weighted by atomic mass is 10.0. The first-order valence-electron chi connectivity index (χ1n) is 7.36. The maximum atomic E-state index is 11.4. The summed E-state index contributed by atoms with van der Waals surface area (Å²) in [5.74, 6) is 0.648. The van der Waals surface area contributed by atoms with Gasteiger partial charge in [-0.1, -0.05) is 24.3 Å². The number of nitrogens with one attached hydrogen (secondary N) is 2. The SMILES string of the molecule is CC1=C(NC(N)=O)N(c2ccccc2)NC1c1cncc(C)c1. The van der Waals surface area contributed by atoms with Crippen LogP contribution in [0.4, 0.5) is 10.5 Å². The monoisotopic (exact) mass is 309 g/mol. The number of anilines is 1. The van der Waals surface area contributed by atoms with Crippen LogP contribution >= 0.6 is 0 Å². The smallest absolute Gasteiger partial charge is 0.317 e. The Balaban J connectivity index is 2.01. The van der Waals surface area contributed by atoms with E-state index in [0.717, 1.165) is 22.4 Å². The Labute approximate surface area is 135 Å². The maximum absolute atomic E-state index is 11.4. The number of urea groups is 1. The highest BCUT2D eigenvalue weighted by atomic mass is 16.2. The molecule has 0 saturated heterocycles. The van der Waals surface area contributed by atoms with Gasteiger partial charge in [-0.3, -0.25) is 15.3 Å². The van der Waals surface area contributed by atoms with Gasteiger partial charge in [0.1, 0.15) is 5.82 Å². The second kappa shape index (κ2) is 6.10. The summed E-state index contributed by atoms with van der Waals surface area (Å²) in [5, 5.41) is 4.56. The van der Waals surface area contributed by atoms with Gasteiger partial charge in [-0.05, 0) is 42.7 Å². The van der Waals surface area contributed by atoms with Gasteiger partial charge >= 0.3 is 6.03 Å². The highest BCUT2D eigenvalue weighted by molar-refractivity contribution is 5.75. The molecule has 1 atom stereocenters. The largest absolute Gasteiger partial charge is 0.351 e. The fourth-order valence-electron chi connectivity index (χ4n) is 2.72. The molecule has 4 N–H and O–H groups in total. The molecule has 2 aromatic rings. The van der Waals surface area contributed by atoms with Gasteiger partial charge in [-0.15, -0.1) is 0 Å². The molecule has 6 nitrogen and oxygen atoms in total. The molecule has 1 aromatic heterocycles. The first-order chi connectivity index (χ1) is 11.1. The van der Waals surface area contributed by atoms with Gasteiger partial charge in [-0.25, -0.2) is 10.2 Å². The first-order valence-corrected chi connectivity index (χ1v) is 7.36. The quantitative estimate of drug-likeness (QED) is 0.812. The number of nitrogens with two attached hydrogens (primary N) is 1. The average Bonchev–Trinajstić information content (AvgIpc) is 2.85. The fraction of sp³-hybridized carbons (Fsp3) is 0.176. The van der Waals surface area contributed by atoms with Crippen molar-refractivity contribution in [2.45, 2.75) is 19.9 Å². The standard InChI is InChI=1S/C17H19N5O/c1-11-8-13(10-19-9-11)15-12(2)16(20-17(18)23)22(21-15)14-6-4-3-5-7-14/h3-10,15,21H,1-2H3,(H3,18,20,23). The second-order valence-electron chi connectivity index (χ2n) is 5.55. The second-order valence-corrected chi connectivity index (χ2v) is 5.55. The van der Waals surface area contributed by atoms with Crippen molar-refractivity contribution >= 4 is 11.7 Å². The molecule has 0 radical (unpaired) electrons. The lowest BCUT2D eigenvalue weighted by Gasteiger charge is -2.23. The van der Waals surface area contributed by atoms with Crippen molar-refractivity contribution < 1.29 is 4.79 Å². The third-order valence-corrected chi connectivity index (χ3v) is 3.77. The molecule has 1 unspecified atom stereocenters. The molecule has 0 fully saturated rings. The van der Waals surface area contributed by atoms with E-state index in [2.05, 4.69) is 21.8 Å². The number of rotatable bonds is 3. The molecule has 2 heterocycles. The molecule has 0 bridgehead atoms. The van der Waals surface area contributed by atoms with Gasteiger partial charge in [0.2, 0.25) is 0 Å². The van der Waals surface area contributed by atoms with Crippen molar-refractivity contribution in [2.75, 3.05) is 5.01 Å². The normalized spacial score (nSPS) is 17.5. The molecular formula is C17H19N5O. The summed E-state index contributed by atoms with van der Waals surface area (Å²) in [6.45, 7) is 3.97. The molecule has 1 aromatic carbocycles. The minimum Gasteiger partial charge on any atom is -0.351 e. The number of carbonyl (C=O) groups excluding carboxylic acids is 1. The summed E-state index contributed by atoms with van der Waals surface area (Å²) in [5.41, 5.74) is 12.7. The fourth-order valence-corrected chi connectivity index (χ4v) is 2.72. The number of aryl methyl sites for hydroxylation is 1. The molecule has 6 heteroatoms. The number of carbonyl (C=O) groups is 1. The van der Waals surface area contributed by atoms with E-state index in [1.807, 2.05) is 61.6 Å². The Morgan fingerprint density at radius 1 is 1.26 bits per heavy atom. The van der Waals surface area contributed by atoms with E-state index >= 15 is 0 Å². The lowest BCUT2D eigenvalue weighted by molar-refractivity contribution is 0.251. The van der Waals surface area contributed by atoms with Gasteiger partial charge in [0.25, 0.3) is 0 Å². The van der Waals surface area contributed by atoms with Crippen LogP contribution < -0.4 is 21.5 Å². The van der Waals surface area contributed by atoms with E-state index in [0.29, 0.717) is 5.82 Å². The Hall–Kier alpha value is -2.86. The van der Waals surface area contributed by atoms with Crippen molar-refractivity contribution in [3.63, 3.8) is 0 Å². The van der Waals surface area contributed by atoms with E-state index < -0.39 is 6.03 Å². The summed E-state index contributed by atoms with van der Waals surface area (Å²) in [6, 6.07) is 11.1. The van der Waals surface area contributed by atoms with Crippen LogP contribution in [0.25, 0.3) is 0 Å². The number of aromatic nitrogens is 1. The predicted octanol–water partition coefficient (Wildman–Crippen LogP) is 2.36. The molecule has 0 aliphatic carbocycles. The Bertz CT molecular complexity index is 757. The van der Waals surface area contributed by atoms with Crippen LogP contribution in [0.3, 0.4) is 0 Å². The number of hydrogen-bond acceptors (Lipinski definition) is 4. The topological polar surface area (TPSA) is 83.3 Å². The minimum atomic E-state index is -0.593. The van der Waals surface area contributed by atoms with E-state index in [1.54, 1.807) is 0 Å². The van der Waals surface area contributed by atoms with Crippen LogP contribution in [0.2, 0.25) is 0 Å². The minimum absolute atomic E-state index is 0.0792. The Morgan fingerprint density at radius 2 is 2.00 bits per heavy atom. The number of pyridine rings is 1. The molecule has 23 heavy (non-hydrogen) atoms. The van der Waals surface area contributed by atoms with Crippen LogP contribution in [-0.4, -0.2) is 11.0 Å². The molecular weight excluding hydrogens is 290 g/mol. The van der Waals surface area contributed by atoms with E-state index in [9.17, 15) is 4.79 Å². The Morgan fingerprint density at radius 3 is 2.65 bits per heavy atom. The zero-order valence-electron chi connectivity index (χ0n) is 13.1. The highest BCUT2D eigenvalue weighted by Crippen LogP contribution is 2.33. The van der Waals surface area contributed by atoms with Gasteiger partial charge in [0.15, 0.2) is 0 Å². The number of para-hydroxylation sites is 1. The van der Waals surface area contributed by atoms with Crippen LogP contribution in [0.1, 0.15) is 24.1 Å².